The number of halogens is 1. The predicted octanol–water partition coefficient (Wildman–Crippen LogP) is 3.77. The molecule has 3 aromatic rings. The summed E-state index contributed by atoms with van der Waals surface area (Å²) in [5, 5.41) is 14.4. The van der Waals surface area contributed by atoms with Crippen LogP contribution in [0.1, 0.15) is 16.1 Å². The fourth-order valence-corrected chi connectivity index (χ4v) is 2.57. The molecule has 0 aliphatic rings. The van der Waals surface area contributed by atoms with Crippen molar-refractivity contribution in [1.29, 1.82) is 0 Å². The van der Waals surface area contributed by atoms with E-state index in [1.807, 2.05) is 36.4 Å². The highest BCUT2D eigenvalue weighted by Crippen LogP contribution is 2.25. The minimum absolute atomic E-state index is 0.257. The highest BCUT2D eigenvalue weighted by atomic mass is 35.5. The lowest BCUT2D eigenvalue weighted by atomic mass is 10.00. The summed E-state index contributed by atoms with van der Waals surface area (Å²) >= 11 is 5.97. The van der Waals surface area contributed by atoms with E-state index in [4.69, 9.17) is 11.6 Å². The van der Waals surface area contributed by atoms with Crippen LogP contribution in [0.2, 0.25) is 5.02 Å². The van der Waals surface area contributed by atoms with Gasteiger partial charge in [-0.2, -0.15) is 0 Å². The largest absolute Gasteiger partial charge is 0.364 e. The molecule has 2 aromatic carbocycles. The van der Waals surface area contributed by atoms with Crippen LogP contribution in [-0.4, -0.2) is 23.2 Å². The maximum atomic E-state index is 11.5. The molecule has 1 amide bonds. The van der Waals surface area contributed by atoms with Gasteiger partial charge in [0.2, 0.25) is 0 Å². The highest BCUT2D eigenvalue weighted by molar-refractivity contribution is 6.30. The second-order valence-electron chi connectivity index (χ2n) is 5.40. The Balaban J connectivity index is 1.75. The van der Waals surface area contributed by atoms with E-state index in [0.29, 0.717) is 17.4 Å². The van der Waals surface area contributed by atoms with Crippen LogP contribution in [0, 0.1) is 0 Å². The van der Waals surface area contributed by atoms with E-state index in [0.717, 1.165) is 16.7 Å². The molecule has 1 aromatic heterocycles. The fourth-order valence-electron chi connectivity index (χ4n) is 2.45. The molecule has 1 heterocycles. The first-order valence-corrected chi connectivity index (χ1v) is 8.18. The number of rotatable bonds is 5. The maximum Gasteiger partial charge on any atom is 0.271 e. The third-order valence-corrected chi connectivity index (χ3v) is 4.01. The van der Waals surface area contributed by atoms with Crippen LogP contribution in [-0.2, 0) is 6.54 Å². The third-order valence-electron chi connectivity index (χ3n) is 3.76. The minimum atomic E-state index is -0.257. The second kappa shape index (κ2) is 7.77. The summed E-state index contributed by atoms with van der Waals surface area (Å²) in [5.41, 5.74) is 3.64. The zero-order valence-corrected chi connectivity index (χ0v) is 14.4. The van der Waals surface area contributed by atoms with Crippen molar-refractivity contribution in [3.05, 3.63) is 76.9 Å². The summed E-state index contributed by atoms with van der Waals surface area (Å²) in [7, 11) is 1.56. The molecule has 0 radical (unpaired) electrons. The van der Waals surface area contributed by atoms with Crippen LogP contribution in [0.25, 0.3) is 11.1 Å². The van der Waals surface area contributed by atoms with E-state index < -0.39 is 0 Å². The van der Waals surface area contributed by atoms with Gasteiger partial charge in [-0.05, 0) is 41.0 Å². The van der Waals surface area contributed by atoms with Gasteiger partial charge in [0.1, 0.15) is 5.82 Å². The van der Waals surface area contributed by atoms with Crippen LogP contribution in [0.15, 0.2) is 60.7 Å². The standard InChI is InChI=1S/C19H17ClN4O/c1-21-19(25)17-10-11-18(24-23-17)22-12-14-4-2-3-5-16(14)13-6-8-15(20)9-7-13/h2-11H,12H2,1H3,(H,21,25)(H,22,24). The van der Waals surface area contributed by atoms with Crippen molar-refractivity contribution in [3.8, 4) is 11.1 Å². The van der Waals surface area contributed by atoms with Gasteiger partial charge in [-0.1, -0.05) is 48.0 Å². The van der Waals surface area contributed by atoms with Gasteiger partial charge in [0, 0.05) is 18.6 Å². The van der Waals surface area contributed by atoms with E-state index in [1.165, 1.54) is 0 Å². The molecule has 126 valence electrons. The SMILES string of the molecule is CNC(=O)c1ccc(NCc2ccccc2-c2ccc(Cl)cc2)nn1. The molecule has 3 rings (SSSR count). The van der Waals surface area contributed by atoms with Gasteiger partial charge in [-0.15, -0.1) is 10.2 Å². The van der Waals surface area contributed by atoms with Crippen LogP contribution < -0.4 is 10.6 Å². The Morgan fingerprint density at radius 2 is 1.76 bits per heavy atom. The van der Waals surface area contributed by atoms with Crippen molar-refractivity contribution < 1.29 is 4.79 Å². The van der Waals surface area contributed by atoms with Crippen molar-refractivity contribution in [2.75, 3.05) is 12.4 Å². The molecule has 0 aliphatic heterocycles. The molecule has 25 heavy (non-hydrogen) atoms. The molecule has 0 atom stereocenters. The van der Waals surface area contributed by atoms with Crippen LogP contribution in [0.4, 0.5) is 5.82 Å². The van der Waals surface area contributed by atoms with Gasteiger partial charge in [-0.25, -0.2) is 0 Å². The number of amides is 1. The Kier molecular flexibility index (Phi) is 5.26. The smallest absolute Gasteiger partial charge is 0.271 e. The summed E-state index contributed by atoms with van der Waals surface area (Å²) in [6.45, 7) is 0.590. The van der Waals surface area contributed by atoms with Gasteiger partial charge in [0.15, 0.2) is 5.69 Å². The van der Waals surface area contributed by atoms with E-state index in [1.54, 1.807) is 19.2 Å². The molecule has 6 heteroatoms. The number of nitrogens with zero attached hydrogens (tertiary/aromatic N) is 2. The number of benzene rings is 2. The average Bonchev–Trinajstić information content (AvgIpc) is 2.67. The quantitative estimate of drug-likeness (QED) is 0.733. The molecule has 0 saturated heterocycles. The summed E-state index contributed by atoms with van der Waals surface area (Å²) in [4.78, 5) is 11.5. The van der Waals surface area contributed by atoms with E-state index in [-0.39, 0.29) is 11.6 Å². The maximum absolute atomic E-state index is 11.5. The summed E-state index contributed by atoms with van der Waals surface area (Å²) in [5.74, 6) is 0.352. The first kappa shape index (κ1) is 16.9. The van der Waals surface area contributed by atoms with Gasteiger partial charge in [0.05, 0.1) is 0 Å². The summed E-state index contributed by atoms with van der Waals surface area (Å²) < 4.78 is 0. The van der Waals surface area contributed by atoms with Gasteiger partial charge in [-0.3, -0.25) is 4.79 Å². The van der Waals surface area contributed by atoms with Crippen molar-refractivity contribution >= 4 is 23.3 Å². The lowest BCUT2D eigenvalue weighted by Crippen LogP contribution is -2.19. The lowest BCUT2D eigenvalue weighted by molar-refractivity contribution is 0.0957. The molecule has 0 spiro atoms. The van der Waals surface area contributed by atoms with Crippen molar-refractivity contribution in [2.45, 2.75) is 6.54 Å². The molecule has 0 unspecified atom stereocenters. The lowest BCUT2D eigenvalue weighted by Gasteiger charge is -2.11. The number of carbonyl (C=O) groups excluding carboxylic acids is 1. The molecule has 2 N–H and O–H groups in total. The first-order chi connectivity index (χ1) is 12.2. The molecular formula is C19H17ClN4O. The van der Waals surface area contributed by atoms with E-state index in [2.05, 4.69) is 33.0 Å². The number of aromatic nitrogens is 2. The Labute approximate surface area is 151 Å². The topological polar surface area (TPSA) is 66.9 Å². The second-order valence-corrected chi connectivity index (χ2v) is 5.84. The molecular weight excluding hydrogens is 336 g/mol. The molecule has 0 fully saturated rings. The Morgan fingerprint density at radius 1 is 1.00 bits per heavy atom. The minimum Gasteiger partial charge on any atom is -0.364 e. The van der Waals surface area contributed by atoms with Crippen molar-refractivity contribution in [3.63, 3.8) is 0 Å². The van der Waals surface area contributed by atoms with Crippen LogP contribution >= 0.6 is 11.6 Å². The zero-order chi connectivity index (χ0) is 17.6. The molecule has 0 saturated carbocycles. The Morgan fingerprint density at radius 3 is 2.44 bits per heavy atom. The van der Waals surface area contributed by atoms with Crippen molar-refractivity contribution in [2.24, 2.45) is 0 Å². The van der Waals surface area contributed by atoms with E-state index in [9.17, 15) is 4.79 Å². The van der Waals surface area contributed by atoms with Gasteiger partial charge >= 0.3 is 0 Å². The zero-order valence-electron chi connectivity index (χ0n) is 13.7. The Bertz CT molecular complexity index is 863. The average molecular weight is 353 g/mol. The van der Waals surface area contributed by atoms with Crippen molar-refractivity contribution in [1.82, 2.24) is 15.5 Å². The normalized spacial score (nSPS) is 10.3. The molecule has 0 bridgehead atoms. The predicted molar refractivity (Wildman–Crippen MR) is 99.6 cm³/mol. The number of carbonyl (C=O) groups is 1. The summed E-state index contributed by atoms with van der Waals surface area (Å²) in [6.07, 6.45) is 0. The monoisotopic (exact) mass is 352 g/mol. The van der Waals surface area contributed by atoms with Gasteiger partial charge < -0.3 is 10.6 Å². The van der Waals surface area contributed by atoms with Crippen LogP contribution in [0.5, 0.6) is 0 Å². The highest BCUT2D eigenvalue weighted by Gasteiger charge is 2.07. The number of hydrogen-bond acceptors (Lipinski definition) is 4. The Hall–Kier alpha value is -2.92. The number of hydrogen-bond donors (Lipinski definition) is 2. The number of nitrogens with one attached hydrogen (secondary N) is 2. The van der Waals surface area contributed by atoms with Crippen LogP contribution in [0.3, 0.4) is 0 Å². The number of anilines is 1. The first-order valence-electron chi connectivity index (χ1n) is 7.81. The van der Waals surface area contributed by atoms with Gasteiger partial charge in [0.25, 0.3) is 5.91 Å². The fraction of sp³-hybridized carbons (Fsp3) is 0.105. The molecule has 5 nitrogen and oxygen atoms in total. The summed E-state index contributed by atoms with van der Waals surface area (Å²) in [6, 6.07) is 19.3. The molecule has 0 aliphatic carbocycles. The van der Waals surface area contributed by atoms with E-state index >= 15 is 0 Å². The third kappa shape index (κ3) is 4.14.